The van der Waals surface area contributed by atoms with Gasteiger partial charge in [-0.05, 0) is 37.4 Å². The summed E-state index contributed by atoms with van der Waals surface area (Å²) in [4.78, 5) is 22.9. The van der Waals surface area contributed by atoms with Crippen molar-refractivity contribution in [3.05, 3.63) is 47.7 Å². The van der Waals surface area contributed by atoms with Crippen LogP contribution in [-0.4, -0.2) is 40.4 Å². The van der Waals surface area contributed by atoms with Gasteiger partial charge in [-0.2, -0.15) is 0 Å². The number of fused-ring (bicyclic) bond motifs is 1. The lowest BCUT2D eigenvalue weighted by Gasteiger charge is -2.13. The van der Waals surface area contributed by atoms with E-state index in [-0.39, 0.29) is 5.97 Å². The zero-order valence-corrected chi connectivity index (χ0v) is 16.3. The quantitative estimate of drug-likeness (QED) is 0.548. The lowest BCUT2D eigenvalue weighted by molar-refractivity contribution is 0.0601. The second-order valence-corrected chi connectivity index (χ2v) is 7.16. The number of ether oxygens (including phenoxy) is 1. The van der Waals surface area contributed by atoms with Gasteiger partial charge in [-0.15, -0.1) is 11.8 Å². The van der Waals surface area contributed by atoms with Crippen LogP contribution in [0.4, 0.5) is 5.95 Å². The molecule has 138 valence electrons. The maximum absolute atomic E-state index is 12.5. The van der Waals surface area contributed by atoms with Crippen LogP contribution in [0.15, 0.2) is 41.3 Å². The molecule has 0 saturated carbocycles. The van der Waals surface area contributed by atoms with E-state index in [1.165, 1.54) is 7.11 Å². The molecule has 0 saturated heterocycles. The van der Waals surface area contributed by atoms with Crippen LogP contribution in [0.1, 0.15) is 16.1 Å². The monoisotopic (exact) mass is 380 g/mol. The van der Waals surface area contributed by atoms with Crippen molar-refractivity contribution in [1.82, 2.24) is 14.5 Å². The molecule has 3 heterocycles. The lowest BCUT2D eigenvalue weighted by atomic mass is 10.0. The van der Waals surface area contributed by atoms with Crippen LogP contribution in [0.25, 0.3) is 22.6 Å². The average Bonchev–Trinajstić information content (AvgIpc) is 3.28. The second-order valence-electron chi connectivity index (χ2n) is 6.28. The highest BCUT2D eigenvalue weighted by Crippen LogP contribution is 2.38. The van der Waals surface area contributed by atoms with Crippen molar-refractivity contribution in [1.29, 1.82) is 0 Å². The Kier molecular flexibility index (Phi) is 4.61. The minimum absolute atomic E-state index is 0.356. The number of anilines is 1. The normalized spacial score (nSPS) is 12.6. The lowest BCUT2D eigenvalue weighted by Crippen LogP contribution is -2.07. The number of benzene rings is 1. The average molecular weight is 380 g/mol. The van der Waals surface area contributed by atoms with Crippen LogP contribution in [0.5, 0.6) is 0 Å². The predicted octanol–water partition coefficient (Wildman–Crippen LogP) is 3.85. The summed E-state index contributed by atoms with van der Waals surface area (Å²) >= 11 is 1.59. The SMILES string of the molecule is COC(=O)c1cc(SC)ccc1-c1c(-c2cccc(C)n2)nc2n1CCN2. The van der Waals surface area contributed by atoms with E-state index in [1.807, 2.05) is 49.6 Å². The first-order chi connectivity index (χ1) is 13.1. The van der Waals surface area contributed by atoms with Crippen molar-refractivity contribution in [2.75, 3.05) is 25.2 Å². The first kappa shape index (κ1) is 17.6. The van der Waals surface area contributed by atoms with Crippen LogP contribution >= 0.6 is 11.8 Å². The van der Waals surface area contributed by atoms with Crippen LogP contribution in [0, 0.1) is 6.92 Å². The molecule has 0 atom stereocenters. The molecule has 0 spiro atoms. The van der Waals surface area contributed by atoms with Crippen molar-refractivity contribution in [2.45, 2.75) is 18.4 Å². The molecule has 0 unspecified atom stereocenters. The summed E-state index contributed by atoms with van der Waals surface area (Å²) in [5, 5.41) is 3.30. The molecule has 1 aromatic carbocycles. The smallest absolute Gasteiger partial charge is 0.338 e. The fourth-order valence-corrected chi connectivity index (χ4v) is 3.79. The Balaban J connectivity index is 1.98. The molecule has 0 bridgehead atoms. The molecule has 0 radical (unpaired) electrons. The van der Waals surface area contributed by atoms with E-state index < -0.39 is 0 Å². The van der Waals surface area contributed by atoms with Crippen LogP contribution < -0.4 is 5.32 Å². The van der Waals surface area contributed by atoms with Crippen LogP contribution in [0.2, 0.25) is 0 Å². The van der Waals surface area contributed by atoms with Gasteiger partial charge in [0.2, 0.25) is 5.95 Å². The summed E-state index contributed by atoms with van der Waals surface area (Å²) in [5.41, 5.74) is 4.71. The number of methoxy groups -OCH3 is 1. The Morgan fingerprint density at radius 2 is 2.11 bits per heavy atom. The zero-order valence-electron chi connectivity index (χ0n) is 15.4. The largest absolute Gasteiger partial charge is 0.465 e. The molecule has 0 fully saturated rings. The zero-order chi connectivity index (χ0) is 19.0. The van der Waals surface area contributed by atoms with Gasteiger partial charge in [0.1, 0.15) is 5.69 Å². The minimum atomic E-state index is -0.356. The van der Waals surface area contributed by atoms with E-state index in [1.54, 1.807) is 11.8 Å². The Morgan fingerprint density at radius 1 is 1.26 bits per heavy atom. The third kappa shape index (κ3) is 3.08. The molecule has 2 aromatic heterocycles. The van der Waals surface area contributed by atoms with Crippen LogP contribution in [-0.2, 0) is 11.3 Å². The van der Waals surface area contributed by atoms with E-state index in [0.717, 1.165) is 52.3 Å². The van der Waals surface area contributed by atoms with E-state index >= 15 is 0 Å². The Morgan fingerprint density at radius 3 is 2.85 bits per heavy atom. The highest BCUT2D eigenvalue weighted by atomic mass is 32.2. The number of aryl methyl sites for hydroxylation is 1. The molecule has 7 heteroatoms. The molecule has 1 N–H and O–H groups in total. The molecular weight excluding hydrogens is 360 g/mol. The van der Waals surface area contributed by atoms with Gasteiger partial charge in [-0.3, -0.25) is 4.98 Å². The van der Waals surface area contributed by atoms with Gasteiger partial charge in [-0.25, -0.2) is 9.78 Å². The first-order valence-electron chi connectivity index (χ1n) is 8.67. The van der Waals surface area contributed by atoms with E-state index in [0.29, 0.717) is 5.56 Å². The Bertz CT molecular complexity index is 1030. The number of carbonyl (C=O) groups excluding carboxylic acids is 1. The number of hydrogen-bond donors (Lipinski definition) is 1. The van der Waals surface area contributed by atoms with Gasteiger partial charge < -0.3 is 14.6 Å². The molecule has 27 heavy (non-hydrogen) atoms. The van der Waals surface area contributed by atoms with Crippen molar-refractivity contribution < 1.29 is 9.53 Å². The highest BCUT2D eigenvalue weighted by molar-refractivity contribution is 7.98. The highest BCUT2D eigenvalue weighted by Gasteiger charge is 2.27. The van der Waals surface area contributed by atoms with Gasteiger partial charge in [0.15, 0.2) is 0 Å². The molecule has 1 aliphatic heterocycles. The number of esters is 1. The van der Waals surface area contributed by atoms with Gasteiger partial charge in [0.25, 0.3) is 0 Å². The molecule has 1 aliphatic rings. The molecular formula is C20H20N4O2S. The summed E-state index contributed by atoms with van der Waals surface area (Å²) in [6.07, 6.45) is 1.98. The summed E-state index contributed by atoms with van der Waals surface area (Å²) in [6.45, 7) is 3.56. The van der Waals surface area contributed by atoms with Crippen molar-refractivity contribution in [2.24, 2.45) is 0 Å². The number of hydrogen-bond acceptors (Lipinski definition) is 6. The summed E-state index contributed by atoms with van der Waals surface area (Å²) in [5.74, 6) is 0.443. The molecule has 0 amide bonds. The number of aromatic nitrogens is 3. The van der Waals surface area contributed by atoms with E-state index in [9.17, 15) is 4.79 Å². The third-order valence-corrected chi connectivity index (χ3v) is 5.33. The van der Waals surface area contributed by atoms with Crippen molar-refractivity contribution >= 4 is 23.7 Å². The molecule has 0 aliphatic carbocycles. The summed E-state index contributed by atoms with van der Waals surface area (Å²) in [7, 11) is 1.41. The maximum atomic E-state index is 12.5. The molecule has 4 rings (SSSR count). The number of nitrogens with zero attached hydrogens (tertiary/aromatic N) is 3. The number of imidazole rings is 1. The number of rotatable bonds is 4. The topological polar surface area (TPSA) is 69.0 Å². The summed E-state index contributed by atoms with van der Waals surface area (Å²) < 4.78 is 7.16. The van der Waals surface area contributed by atoms with Crippen molar-refractivity contribution in [3.63, 3.8) is 0 Å². The summed E-state index contributed by atoms with van der Waals surface area (Å²) in [6, 6.07) is 11.7. The van der Waals surface area contributed by atoms with Gasteiger partial charge in [0.05, 0.1) is 24.1 Å². The van der Waals surface area contributed by atoms with Gasteiger partial charge >= 0.3 is 5.97 Å². The minimum Gasteiger partial charge on any atom is -0.465 e. The predicted molar refractivity (Wildman–Crippen MR) is 107 cm³/mol. The van der Waals surface area contributed by atoms with Crippen molar-refractivity contribution in [3.8, 4) is 22.6 Å². The first-order valence-corrected chi connectivity index (χ1v) is 9.90. The molecule has 6 nitrogen and oxygen atoms in total. The fourth-order valence-electron chi connectivity index (χ4n) is 3.35. The second kappa shape index (κ2) is 7.08. The third-order valence-electron chi connectivity index (χ3n) is 4.60. The maximum Gasteiger partial charge on any atom is 0.338 e. The van der Waals surface area contributed by atoms with E-state index in [4.69, 9.17) is 9.72 Å². The number of pyridine rings is 1. The van der Waals surface area contributed by atoms with Crippen LogP contribution in [0.3, 0.4) is 0 Å². The number of nitrogens with one attached hydrogen (secondary N) is 1. The number of carbonyl (C=O) groups is 1. The molecule has 3 aromatic rings. The Hall–Kier alpha value is -2.80. The fraction of sp³-hybridized carbons (Fsp3) is 0.250. The van der Waals surface area contributed by atoms with Gasteiger partial charge in [-0.1, -0.05) is 12.1 Å². The standard InChI is InChI=1S/C20H20N4O2S/c1-12-5-4-6-16(22-12)17-18(24-10-9-21-20(24)23-17)14-8-7-13(27-3)11-15(14)19(25)26-2/h4-8,11H,9-10H2,1-3H3,(H,21,23). The number of thioether (sulfide) groups is 1. The van der Waals surface area contributed by atoms with Gasteiger partial charge in [0, 0.05) is 29.2 Å². The van der Waals surface area contributed by atoms with E-state index in [2.05, 4.69) is 14.9 Å². The Labute approximate surface area is 162 Å².